The zero-order chi connectivity index (χ0) is 30.2. The molecule has 0 aliphatic heterocycles. The number of aryl methyl sites for hydroxylation is 3. The fraction of sp³-hybridized carbons (Fsp3) is 0.406. The fourth-order valence-corrected chi connectivity index (χ4v) is 6.32. The van der Waals surface area contributed by atoms with Crippen molar-refractivity contribution in [3.05, 3.63) is 88.4 Å². The van der Waals surface area contributed by atoms with Gasteiger partial charge in [0.1, 0.15) is 0 Å². The topological polar surface area (TPSA) is 107 Å². The standard InChI is InChI=1S/C32H41ClN2O5S/c1-23-12-13-25(14-17-31(37)38)19-29(23)28-16-15-27(20-30(28)33)41(39,40)35(4)22-26(36)21-34-32(2,3)18-8-11-24-9-6-5-7-10-24/h5-7,9-10,12-13,15-16,19-20,26,34,36H,8,11,14,17-18,21-22H2,1-4H3,(H,37,38)/t26-/m0/s1. The van der Waals surface area contributed by atoms with E-state index in [0.29, 0.717) is 12.0 Å². The van der Waals surface area contributed by atoms with E-state index in [2.05, 4.69) is 31.3 Å². The number of nitrogens with one attached hydrogen (secondary N) is 1. The number of aliphatic hydroxyl groups is 1. The molecule has 0 bridgehead atoms. The first-order chi connectivity index (χ1) is 19.3. The quantitative estimate of drug-likeness (QED) is 0.206. The van der Waals surface area contributed by atoms with Crippen LogP contribution in [-0.4, -0.2) is 60.7 Å². The third kappa shape index (κ3) is 9.65. The van der Waals surface area contributed by atoms with Crippen LogP contribution in [0.25, 0.3) is 11.1 Å². The number of hydrogen-bond donors (Lipinski definition) is 3. The Bertz CT molecular complexity index is 1430. The maximum atomic E-state index is 13.3. The molecule has 0 saturated carbocycles. The molecule has 3 N–H and O–H groups in total. The van der Waals surface area contributed by atoms with Gasteiger partial charge in [0.05, 0.1) is 11.0 Å². The number of nitrogens with zero attached hydrogens (tertiary/aromatic N) is 1. The smallest absolute Gasteiger partial charge is 0.303 e. The van der Waals surface area contributed by atoms with Crippen LogP contribution in [-0.2, 0) is 27.7 Å². The highest BCUT2D eigenvalue weighted by Crippen LogP contribution is 2.33. The summed E-state index contributed by atoms with van der Waals surface area (Å²) in [6, 6.07) is 20.6. The molecular formula is C32H41ClN2O5S. The van der Waals surface area contributed by atoms with Gasteiger partial charge in [0.2, 0.25) is 10.0 Å². The van der Waals surface area contributed by atoms with Crippen LogP contribution in [0.4, 0.5) is 0 Å². The molecule has 0 saturated heterocycles. The van der Waals surface area contributed by atoms with E-state index in [9.17, 15) is 18.3 Å². The summed E-state index contributed by atoms with van der Waals surface area (Å²) in [5, 5.41) is 23.3. The summed E-state index contributed by atoms with van der Waals surface area (Å²) in [4.78, 5) is 11.0. The van der Waals surface area contributed by atoms with E-state index in [0.717, 1.165) is 40.3 Å². The van der Waals surface area contributed by atoms with Crippen molar-refractivity contribution < 1.29 is 23.4 Å². The van der Waals surface area contributed by atoms with E-state index in [4.69, 9.17) is 16.7 Å². The summed E-state index contributed by atoms with van der Waals surface area (Å²) >= 11 is 6.58. The summed E-state index contributed by atoms with van der Waals surface area (Å²) < 4.78 is 27.7. The molecule has 0 unspecified atom stereocenters. The summed E-state index contributed by atoms with van der Waals surface area (Å²) in [6.07, 6.45) is 2.40. The van der Waals surface area contributed by atoms with Gasteiger partial charge in [-0.2, -0.15) is 4.31 Å². The summed E-state index contributed by atoms with van der Waals surface area (Å²) in [7, 11) is -2.45. The van der Waals surface area contributed by atoms with Gasteiger partial charge in [0.15, 0.2) is 0 Å². The Kier molecular flexibility index (Phi) is 11.5. The van der Waals surface area contributed by atoms with Gasteiger partial charge in [-0.05, 0) is 80.8 Å². The molecular weight excluding hydrogens is 560 g/mol. The number of rotatable bonds is 15. The summed E-state index contributed by atoms with van der Waals surface area (Å²) in [5.74, 6) is -0.868. The van der Waals surface area contributed by atoms with E-state index in [-0.39, 0.29) is 35.0 Å². The van der Waals surface area contributed by atoms with Crippen LogP contribution >= 0.6 is 11.6 Å². The number of sulfonamides is 1. The molecule has 9 heteroatoms. The van der Waals surface area contributed by atoms with Crippen LogP contribution in [0.2, 0.25) is 5.02 Å². The lowest BCUT2D eigenvalue weighted by Gasteiger charge is -2.29. The van der Waals surface area contributed by atoms with Gasteiger partial charge in [0.25, 0.3) is 0 Å². The average Bonchev–Trinajstić information content (AvgIpc) is 2.92. The first-order valence-electron chi connectivity index (χ1n) is 13.8. The predicted molar refractivity (Wildman–Crippen MR) is 165 cm³/mol. The molecule has 222 valence electrons. The largest absolute Gasteiger partial charge is 0.481 e. The maximum Gasteiger partial charge on any atom is 0.303 e. The second-order valence-electron chi connectivity index (χ2n) is 11.2. The van der Waals surface area contributed by atoms with Crippen molar-refractivity contribution in [2.45, 2.75) is 69.4 Å². The molecule has 0 spiro atoms. The van der Waals surface area contributed by atoms with Crippen LogP contribution in [0.15, 0.2) is 71.6 Å². The van der Waals surface area contributed by atoms with Crippen molar-refractivity contribution in [2.24, 2.45) is 0 Å². The fourth-order valence-electron chi connectivity index (χ4n) is 4.74. The van der Waals surface area contributed by atoms with Gasteiger partial charge in [0, 0.05) is 42.7 Å². The summed E-state index contributed by atoms with van der Waals surface area (Å²) in [6.45, 7) is 6.27. The molecule has 0 aromatic heterocycles. The van der Waals surface area contributed by atoms with Crippen LogP contribution in [0.5, 0.6) is 0 Å². The van der Waals surface area contributed by atoms with Gasteiger partial charge in [-0.25, -0.2) is 8.42 Å². The Labute approximate surface area is 249 Å². The number of benzene rings is 3. The molecule has 0 heterocycles. The third-order valence-corrected chi connectivity index (χ3v) is 9.39. The number of likely N-dealkylation sites (N-methyl/N-ethyl adjacent to an activating group) is 1. The lowest BCUT2D eigenvalue weighted by Crippen LogP contribution is -2.46. The minimum absolute atomic E-state index is 0.0207. The molecule has 7 nitrogen and oxygen atoms in total. The highest BCUT2D eigenvalue weighted by molar-refractivity contribution is 7.89. The van der Waals surface area contributed by atoms with Gasteiger partial charge in [-0.1, -0.05) is 66.2 Å². The van der Waals surface area contributed by atoms with Gasteiger partial charge < -0.3 is 15.5 Å². The lowest BCUT2D eigenvalue weighted by atomic mass is 9.95. The molecule has 0 aliphatic rings. The predicted octanol–water partition coefficient (Wildman–Crippen LogP) is 5.71. The number of aliphatic hydroxyl groups excluding tert-OH is 1. The molecule has 0 radical (unpaired) electrons. The van der Waals surface area contributed by atoms with Crippen molar-refractivity contribution in [3.63, 3.8) is 0 Å². The number of β-amino-alcohol motifs (C(OH)–C–C–N with tert-alkyl or cyclic N) is 1. The van der Waals surface area contributed by atoms with Gasteiger partial charge in [-0.15, -0.1) is 0 Å². The average molecular weight is 601 g/mol. The zero-order valence-electron chi connectivity index (χ0n) is 24.2. The number of carboxylic acids is 1. The molecule has 0 amide bonds. The minimum Gasteiger partial charge on any atom is -0.481 e. The molecule has 0 aliphatic carbocycles. The number of halogens is 1. The van der Waals surface area contributed by atoms with Crippen LogP contribution in [0, 0.1) is 6.92 Å². The van der Waals surface area contributed by atoms with Crippen LogP contribution in [0.3, 0.4) is 0 Å². The van der Waals surface area contributed by atoms with Crippen molar-refractivity contribution in [3.8, 4) is 11.1 Å². The van der Waals surface area contributed by atoms with E-state index in [1.54, 1.807) is 6.07 Å². The first kappa shape index (κ1) is 32.8. The molecule has 41 heavy (non-hydrogen) atoms. The van der Waals surface area contributed by atoms with Gasteiger partial charge in [-0.3, -0.25) is 4.79 Å². The number of carbonyl (C=O) groups is 1. The SMILES string of the molecule is Cc1ccc(CCC(=O)O)cc1-c1ccc(S(=O)(=O)N(C)C[C@@H](O)CNC(C)(C)CCCc2ccccc2)cc1Cl. The molecule has 3 aromatic carbocycles. The Balaban J connectivity index is 1.60. The highest BCUT2D eigenvalue weighted by Gasteiger charge is 2.25. The zero-order valence-corrected chi connectivity index (χ0v) is 25.8. The second-order valence-corrected chi connectivity index (χ2v) is 13.7. The normalized spacial score (nSPS) is 13.0. The maximum absolute atomic E-state index is 13.3. The van der Waals surface area contributed by atoms with E-state index < -0.39 is 22.1 Å². The monoisotopic (exact) mass is 600 g/mol. The number of carboxylic acid groups (broad SMARTS) is 1. The van der Waals surface area contributed by atoms with Crippen molar-refractivity contribution in [1.82, 2.24) is 9.62 Å². The molecule has 3 rings (SSSR count). The molecule has 0 fully saturated rings. The van der Waals surface area contributed by atoms with Crippen LogP contribution < -0.4 is 5.32 Å². The number of aliphatic carboxylic acids is 1. The van der Waals surface area contributed by atoms with Crippen molar-refractivity contribution >= 4 is 27.6 Å². The minimum atomic E-state index is -3.89. The molecule has 3 aromatic rings. The molecule has 1 atom stereocenters. The van der Waals surface area contributed by atoms with E-state index >= 15 is 0 Å². The Morgan fingerprint density at radius 1 is 1.00 bits per heavy atom. The van der Waals surface area contributed by atoms with Crippen molar-refractivity contribution in [1.29, 1.82) is 0 Å². The van der Waals surface area contributed by atoms with E-state index in [1.807, 2.05) is 43.3 Å². The highest BCUT2D eigenvalue weighted by atomic mass is 35.5. The first-order valence-corrected chi connectivity index (χ1v) is 15.6. The Morgan fingerprint density at radius 3 is 2.37 bits per heavy atom. The number of hydrogen-bond acceptors (Lipinski definition) is 5. The van der Waals surface area contributed by atoms with E-state index in [1.165, 1.54) is 24.7 Å². The third-order valence-electron chi connectivity index (χ3n) is 7.26. The van der Waals surface area contributed by atoms with Gasteiger partial charge >= 0.3 is 5.97 Å². The lowest BCUT2D eigenvalue weighted by molar-refractivity contribution is -0.136. The summed E-state index contributed by atoms with van der Waals surface area (Å²) in [5.41, 5.74) is 4.38. The second kappa shape index (κ2) is 14.4. The Morgan fingerprint density at radius 2 is 1.71 bits per heavy atom. The Hall–Kier alpha value is -2.75. The van der Waals surface area contributed by atoms with Crippen LogP contribution in [0.1, 0.15) is 49.8 Å². The van der Waals surface area contributed by atoms with Crippen molar-refractivity contribution in [2.75, 3.05) is 20.1 Å².